The third-order valence-corrected chi connectivity index (χ3v) is 4.13. The van der Waals surface area contributed by atoms with E-state index >= 15 is 0 Å². The molecule has 0 radical (unpaired) electrons. The van der Waals surface area contributed by atoms with Crippen molar-refractivity contribution in [3.63, 3.8) is 0 Å². The molecule has 0 atom stereocenters. The van der Waals surface area contributed by atoms with E-state index in [-0.39, 0.29) is 24.0 Å². The predicted molar refractivity (Wildman–Crippen MR) is 106 cm³/mol. The second-order valence-corrected chi connectivity index (χ2v) is 6.08. The van der Waals surface area contributed by atoms with Crippen LogP contribution in [-0.4, -0.2) is 53.8 Å². The molecule has 1 fully saturated rings. The molecule has 6 nitrogen and oxygen atoms in total. The van der Waals surface area contributed by atoms with Gasteiger partial charge in [0, 0.05) is 19.3 Å². The molecule has 0 spiro atoms. The van der Waals surface area contributed by atoms with Crippen LogP contribution in [0.15, 0.2) is 17.3 Å². The zero-order chi connectivity index (χ0) is 15.6. The molecule has 2 rings (SSSR count). The Morgan fingerprint density at radius 3 is 2.83 bits per heavy atom. The number of aliphatic imine (C=N–C) groups is 1. The van der Waals surface area contributed by atoms with Crippen molar-refractivity contribution in [3.8, 4) is 0 Å². The number of nitrogens with zero attached hydrogens (tertiary/aromatic N) is 3. The van der Waals surface area contributed by atoms with Crippen LogP contribution < -0.4 is 10.6 Å². The molecule has 1 aromatic heterocycles. The van der Waals surface area contributed by atoms with Crippen LogP contribution in [0.2, 0.25) is 0 Å². The Bertz CT molecular complexity index is 426. The Morgan fingerprint density at radius 2 is 2.17 bits per heavy atom. The SMILES string of the molecule is CCNC(=NCc1ccn[nH]1)NCCCN1CCC(C)CC1.I. The summed E-state index contributed by atoms with van der Waals surface area (Å²) in [6.07, 6.45) is 5.61. The van der Waals surface area contributed by atoms with Gasteiger partial charge in [0.25, 0.3) is 0 Å². The van der Waals surface area contributed by atoms with Crippen molar-refractivity contribution in [2.45, 2.75) is 39.7 Å². The summed E-state index contributed by atoms with van der Waals surface area (Å²) in [7, 11) is 0. The highest BCUT2D eigenvalue weighted by molar-refractivity contribution is 14.0. The van der Waals surface area contributed by atoms with E-state index in [4.69, 9.17) is 0 Å². The first-order valence-corrected chi connectivity index (χ1v) is 8.50. The first-order chi connectivity index (χ1) is 10.8. The fourth-order valence-electron chi connectivity index (χ4n) is 2.67. The van der Waals surface area contributed by atoms with Gasteiger partial charge in [-0.15, -0.1) is 24.0 Å². The van der Waals surface area contributed by atoms with Gasteiger partial charge in [-0.1, -0.05) is 6.92 Å². The van der Waals surface area contributed by atoms with Gasteiger partial charge >= 0.3 is 0 Å². The number of rotatable bonds is 7. The minimum absolute atomic E-state index is 0. The van der Waals surface area contributed by atoms with Crippen molar-refractivity contribution in [2.24, 2.45) is 10.9 Å². The fourth-order valence-corrected chi connectivity index (χ4v) is 2.67. The van der Waals surface area contributed by atoms with Crippen molar-refractivity contribution in [3.05, 3.63) is 18.0 Å². The van der Waals surface area contributed by atoms with Gasteiger partial charge in [0.2, 0.25) is 0 Å². The van der Waals surface area contributed by atoms with Gasteiger partial charge in [-0.2, -0.15) is 5.10 Å². The van der Waals surface area contributed by atoms with Gasteiger partial charge < -0.3 is 15.5 Å². The van der Waals surface area contributed by atoms with E-state index in [2.05, 4.69) is 44.6 Å². The molecule has 1 aromatic rings. The number of hydrogen-bond acceptors (Lipinski definition) is 3. The van der Waals surface area contributed by atoms with E-state index in [0.29, 0.717) is 6.54 Å². The monoisotopic (exact) mass is 434 g/mol. The molecule has 0 aliphatic carbocycles. The summed E-state index contributed by atoms with van der Waals surface area (Å²) in [5, 5.41) is 13.6. The van der Waals surface area contributed by atoms with E-state index < -0.39 is 0 Å². The first kappa shape index (κ1) is 20.2. The van der Waals surface area contributed by atoms with Crippen LogP contribution in [0.5, 0.6) is 0 Å². The van der Waals surface area contributed by atoms with Crippen LogP contribution in [0, 0.1) is 5.92 Å². The van der Waals surface area contributed by atoms with Crippen molar-refractivity contribution < 1.29 is 0 Å². The average molecular weight is 434 g/mol. The van der Waals surface area contributed by atoms with Crippen molar-refractivity contribution >= 4 is 29.9 Å². The number of H-pyrrole nitrogens is 1. The lowest BCUT2D eigenvalue weighted by Crippen LogP contribution is -2.39. The zero-order valence-corrected chi connectivity index (χ0v) is 16.7. The predicted octanol–water partition coefficient (Wildman–Crippen LogP) is 2.20. The smallest absolute Gasteiger partial charge is 0.191 e. The molecular weight excluding hydrogens is 403 g/mol. The summed E-state index contributed by atoms with van der Waals surface area (Å²) < 4.78 is 0. The molecule has 0 aromatic carbocycles. The average Bonchev–Trinajstić information content (AvgIpc) is 3.04. The summed E-state index contributed by atoms with van der Waals surface area (Å²) in [5.74, 6) is 1.79. The van der Waals surface area contributed by atoms with E-state index in [1.54, 1.807) is 6.20 Å². The molecule has 0 bridgehead atoms. The number of guanidine groups is 1. The van der Waals surface area contributed by atoms with Crippen LogP contribution in [0.1, 0.15) is 38.8 Å². The third kappa shape index (κ3) is 8.01. The summed E-state index contributed by atoms with van der Waals surface area (Å²) in [4.78, 5) is 7.14. The summed E-state index contributed by atoms with van der Waals surface area (Å²) in [6.45, 7) is 10.6. The van der Waals surface area contributed by atoms with Crippen molar-refractivity contribution in [2.75, 3.05) is 32.7 Å². The zero-order valence-electron chi connectivity index (χ0n) is 14.3. The topological polar surface area (TPSA) is 68.3 Å². The maximum absolute atomic E-state index is 4.56. The van der Waals surface area contributed by atoms with E-state index in [1.807, 2.05) is 6.07 Å². The Labute approximate surface area is 156 Å². The minimum Gasteiger partial charge on any atom is -0.357 e. The molecule has 0 unspecified atom stereocenters. The Kier molecular flexibility index (Phi) is 10.3. The number of nitrogens with one attached hydrogen (secondary N) is 3. The molecule has 0 saturated carbocycles. The van der Waals surface area contributed by atoms with Crippen LogP contribution in [0.4, 0.5) is 0 Å². The van der Waals surface area contributed by atoms with E-state index in [9.17, 15) is 0 Å². The second kappa shape index (κ2) is 11.7. The number of hydrogen-bond donors (Lipinski definition) is 3. The van der Waals surface area contributed by atoms with Gasteiger partial charge in [0.15, 0.2) is 5.96 Å². The van der Waals surface area contributed by atoms with Gasteiger partial charge in [-0.3, -0.25) is 5.10 Å². The van der Waals surface area contributed by atoms with Gasteiger partial charge in [-0.05, 0) is 57.8 Å². The molecule has 2 heterocycles. The number of aromatic nitrogens is 2. The number of likely N-dealkylation sites (tertiary alicyclic amines) is 1. The van der Waals surface area contributed by atoms with Crippen LogP contribution >= 0.6 is 24.0 Å². The highest BCUT2D eigenvalue weighted by atomic mass is 127. The molecule has 0 amide bonds. The summed E-state index contributed by atoms with van der Waals surface area (Å²) in [6, 6.07) is 1.95. The molecular formula is C16H31IN6. The molecule has 1 aliphatic heterocycles. The lowest BCUT2D eigenvalue weighted by atomic mass is 9.99. The van der Waals surface area contributed by atoms with Crippen molar-refractivity contribution in [1.82, 2.24) is 25.7 Å². The largest absolute Gasteiger partial charge is 0.357 e. The fraction of sp³-hybridized carbons (Fsp3) is 0.750. The number of aromatic amines is 1. The number of halogens is 1. The Balaban J connectivity index is 0.00000264. The summed E-state index contributed by atoms with van der Waals surface area (Å²) >= 11 is 0. The highest BCUT2D eigenvalue weighted by Crippen LogP contribution is 2.15. The van der Waals surface area contributed by atoms with E-state index in [0.717, 1.165) is 37.1 Å². The maximum Gasteiger partial charge on any atom is 0.191 e. The van der Waals surface area contributed by atoms with Crippen LogP contribution in [-0.2, 0) is 6.54 Å². The van der Waals surface area contributed by atoms with Gasteiger partial charge in [0.05, 0.1) is 12.2 Å². The Hall–Kier alpha value is -0.830. The molecule has 132 valence electrons. The van der Waals surface area contributed by atoms with Gasteiger partial charge in [0.1, 0.15) is 0 Å². The van der Waals surface area contributed by atoms with Gasteiger partial charge in [-0.25, -0.2) is 4.99 Å². The first-order valence-electron chi connectivity index (χ1n) is 8.50. The van der Waals surface area contributed by atoms with E-state index in [1.165, 1.54) is 32.5 Å². The molecule has 3 N–H and O–H groups in total. The highest BCUT2D eigenvalue weighted by Gasteiger charge is 2.14. The molecule has 23 heavy (non-hydrogen) atoms. The minimum atomic E-state index is 0. The molecule has 7 heteroatoms. The van der Waals surface area contributed by atoms with Crippen LogP contribution in [0.3, 0.4) is 0 Å². The molecule has 1 saturated heterocycles. The van der Waals surface area contributed by atoms with Crippen LogP contribution in [0.25, 0.3) is 0 Å². The lowest BCUT2D eigenvalue weighted by molar-refractivity contribution is 0.191. The summed E-state index contributed by atoms with van der Waals surface area (Å²) in [5.41, 5.74) is 1.03. The second-order valence-electron chi connectivity index (χ2n) is 6.08. The molecule has 1 aliphatic rings. The van der Waals surface area contributed by atoms with Crippen molar-refractivity contribution in [1.29, 1.82) is 0 Å². The normalized spacial score (nSPS) is 16.9. The standard InChI is InChI=1S/C16H30N6.HI/c1-3-17-16(19-13-15-5-9-20-21-15)18-8-4-10-22-11-6-14(2)7-12-22;/h5,9,14H,3-4,6-8,10-13H2,1-2H3,(H,20,21)(H2,17,18,19);1H. The lowest BCUT2D eigenvalue weighted by Gasteiger charge is -2.30. The number of piperidine rings is 1. The quantitative estimate of drug-likeness (QED) is 0.267. The maximum atomic E-state index is 4.56. The Morgan fingerprint density at radius 1 is 1.39 bits per heavy atom. The third-order valence-electron chi connectivity index (χ3n) is 4.13.